The maximum Gasteiger partial charge on any atom is 0.251 e. The smallest absolute Gasteiger partial charge is 0.251 e. The summed E-state index contributed by atoms with van der Waals surface area (Å²) < 4.78 is 0. The van der Waals surface area contributed by atoms with Crippen molar-refractivity contribution in [3.8, 4) is 11.8 Å². The second kappa shape index (κ2) is 7.31. The lowest BCUT2D eigenvalue weighted by Crippen LogP contribution is -2.36. The van der Waals surface area contributed by atoms with Crippen LogP contribution >= 0.6 is 0 Å². The Hall–Kier alpha value is -2.32. The van der Waals surface area contributed by atoms with Crippen molar-refractivity contribution in [2.45, 2.75) is 6.92 Å². The average molecular weight is 273 g/mol. The molecule has 3 N–H and O–H groups in total. The summed E-state index contributed by atoms with van der Waals surface area (Å²) in [5, 5.41) is 2.59. The van der Waals surface area contributed by atoms with E-state index in [2.05, 4.69) is 17.2 Å². The molecule has 0 fully saturated rings. The summed E-state index contributed by atoms with van der Waals surface area (Å²) in [6.45, 7) is 2.13. The Balaban J connectivity index is 2.82. The molecular formula is C15H19N3O2. The quantitative estimate of drug-likeness (QED) is 0.768. The third-order valence-electron chi connectivity index (χ3n) is 2.57. The van der Waals surface area contributed by atoms with Crippen LogP contribution in [0.3, 0.4) is 0 Å². The molecule has 0 aliphatic rings. The summed E-state index contributed by atoms with van der Waals surface area (Å²) in [5.74, 6) is 5.19. The Labute approximate surface area is 119 Å². The predicted molar refractivity (Wildman–Crippen MR) is 78.1 cm³/mol. The van der Waals surface area contributed by atoms with Gasteiger partial charge in [0.2, 0.25) is 5.91 Å². The highest BCUT2D eigenvalue weighted by Crippen LogP contribution is 2.09. The lowest BCUT2D eigenvalue weighted by atomic mass is 10.1. The van der Waals surface area contributed by atoms with Crippen LogP contribution in [0.1, 0.15) is 21.5 Å². The third kappa shape index (κ3) is 4.75. The van der Waals surface area contributed by atoms with Gasteiger partial charge in [-0.15, -0.1) is 0 Å². The summed E-state index contributed by atoms with van der Waals surface area (Å²) in [6, 6.07) is 5.32. The number of nitrogens with one attached hydrogen (secondary N) is 1. The van der Waals surface area contributed by atoms with Crippen molar-refractivity contribution in [3.63, 3.8) is 0 Å². The molecule has 0 heterocycles. The Kier molecular flexibility index (Phi) is 5.75. The van der Waals surface area contributed by atoms with Crippen LogP contribution in [0.15, 0.2) is 18.2 Å². The van der Waals surface area contributed by atoms with E-state index in [1.807, 2.05) is 13.0 Å². The van der Waals surface area contributed by atoms with Crippen molar-refractivity contribution in [1.29, 1.82) is 0 Å². The Morgan fingerprint density at radius 3 is 2.60 bits per heavy atom. The molecule has 0 saturated carbocycles. The predicted octanol–water partition coefficient (Wildman–Crippen LogP) is 0.123. The molecule has 0 atom stereocenters. The Morgan fingerprint density at radius 1 is 1.30 bits per heavy atom. The van der Waals surface area contributed by atoms with Gasteiger partial charge in [0.25, 0.3) is 5.91 Å². The molecule has 2 amide bonds. The molecule has 0 aromatic heterocycles. The van der Waals surface area contributed by atoms with Crippen LogP contribution in [0, 0.1) is 18.8 Å². The van der Waals surface area contributed by atoms with Crippen molar-refractivity contribution < 1.29 is 9.59 Å². The van der Waals surface area contributed by atoms with E-state index in [1.54, 1.807) is 26.2 Å². The van der Waals surface area contributed by atoms with Gasteiger partial charge >= 0.3 is 0 Å². The topological polar surface area (TPSA) is 75.4 Å². The minimum atomic E-state index is -0.292. The number of aryl methyl sites for hydroxylation is 1. The van der Waals surface area contributed by atoms with E-state index in [4.69, 9.17) is 5.73 Å². The number of nitrogens with zero attached hydrogens (tertiary/aromatic N) is 1. The molecule has 1 aromatic rings. The first-order valence-electron chi connectivity index (χ1n) is 6.23. The van der Waals surface area contributed by atoms with Gasteiger partial charge in [0.15, 0.2) is 0 Å². The van der Waals surface area contributed by atoms with Crippen molar-refractivity contribution in [2.75, 3.05) is 27.2 Å². The van der Waals surface area contributed by atoms with E-state index < -0.39 is 0 Å². The first-order valence-corrected chi connectivity index (χ1v) is 6.23. The molecule has 0 spiro atoms. The Morgan fingerprint density at radius 2 is 2.00 bits per heavy atom. The molecule has 1 aromatic carbocycles. The number of nitrogens with two attached hydrogens (primary N) is 1. The molecule has 1 rings (SSSR count). The van der Waals surface area contributed by atoms with Crippen LogP contribution < -0.4 is 11.1 Å². The maximum atomic E-state index is 12.0. The SMILES string of the molecule is Cc1cc(C#CCN)cc(C(=O)NCC(=O)N(C)C)c1. The first kappa shape index (κ1) is 15.7. The highest BCUT2D eigenvalue weighted by molar-refractivity contribution is 5.96. The second-order valence-corrected chi connectivity index (χ2v) is 4.56. The molecule has 106 valence electrons. The van der Waals surface area contributed by atoms with E-state index in [1.165, 1.54) is 4.90 Å². The number of benzene rings is 1. The highest BCUT2D eigenvalue weighted by Gasteiger charge is 2.10. The number of likely N-dealkylation sites (N-methyl/N-ethyl adjacent to an activating group) is 1. The molecule has 0 aliphatic carbocycles. The van der Waals surface area contributed by atoms with Crippen LogP contribution in [0.5, 0.6) is 0 Å². The lowest BCUT2D eigenvalue weighted by molar-refractivity contribution is -0.127. The average Bonchev–Trinajstić information content (AvgIpc) is 2.41. The number of hydrogen-bond donors (Lipinski definition) is 2. The van der Waals surface area contributed by atoms with Gasteiger partial charge in [-0.3, -0.25) is 9.59 Å². The van der Waals surface area contributed by atoms with Crippen molar-refractivity contribution >= 4 is 11.8 Å². The molecule has 5 nitrogen and oxygen atoms in total. The van der Waals surface area contributed by atoms with Crippen LogP contribution in [-0.2, 0) is 4.79 Å². The zero-order valence-electron chi connectivity index (χ0n) is 12.0. The first-order chi connectivity index (χ1) is 9.43. The van der Waals surface area contributed by atoms with Crippen molar-refractivity contribution in [3.05, 3.63) is 34.9 Å². The molecule has 20 heavy (non-hydrogen) atoms. The standard InChI is InChI=1S/C15H19N3O2/c1-11-7-12(5-4-6-16)9-13(8-11)15(20)17-10-14(19)18(2)3/h7-9H,6,10,16H2,1-3H3,(H,17,20). The summed E-state index contributed by atoms with van der Waals surface area (Å²) in [6.07, 6.45) is 0. The fourth-order valence-electron chi connectivity index (χ4n) is 1.56. The summed E-state index contributed by atoms with van der Waals surface area (Å²) in [4.78, 5) is 24.8. The molecular weight excluding hydrogens is 254 g/mol. The van der Waals surface area contributed by atoms with Crippen LogP contribution in [0.2, 0.25) is 0 Å². The highest BCUT2D eigenvalue weighted by atomic mass is 16.2. The normalized spacial score (nSPS) is 9.40. The number of rotatable bonds is 3. The van der Waals surface area contributed by atoms with Gasteiger partial charge in [-0.05, 0) is 30.7 Å². The molecule has 0 radical (unpaired) electrons. The molecule has 0 saturated heterocycles. The van der Waals surface area contributed by atoms with E-state index >= 15 is 0 Å². The fraction of sp³-hybridized carbons (Fsp3) is 0.333. The molecule has 5 heteroatoms. The van der Waals surface area contributed by atoms with Crippen LogP contribution in [-0.4, -0.2) is 43.9 Å². The Bertz CT molecular complexity index is 568. The van der Waals surface area contributed by atoms with Gasteiger partial charge in [0, 0.05) is 25.2 Å². The van der Waals surface area contributed by atoms with Gasteiger partial charge in [-0.2, -0.15) is 0 Å². The molecule has 0 aliphatic heterocycles. The lowest BCUT2D eigenvalue weighted by Gasteiger charge is -2.11. The van der Waals surface area contributed by atoms with Gasteiger partial charge in [-0.1, -0.05) is 11.8 Å². The van der Waals surface area contributed by atoms with Crippen LogP contribution in [0.4, 0.5) is 0 Å². The van der Waals surface area contributed by atoms with Crippen molar-refractivity contribution in [2.24, 2.45) is 5.73 Å². The minimum absolute atomic E-state index is 0.0242. The maximum absolute atomic E-state index is 12.0. The van der Waals surface area contributed by atoms with Gasteiger partial charge in [-0.25, -0.2) is 0 Å². The van der Waals surface area contributed by atoms with E-state index in [9.17, 15) is 9.59 Å². The monoisotopic (exact) mass is 273 g/mol. The van der Waals surface area contributed by atoms with E-state index in [-0.39, 0.29) is 24.9 Å². The number of amides is 2. The largest absolute Gasteiger partial charge is 0.347 e. The minimum Gasteiger partial charge on any atom is -0.347 e. The number of carbonyl (C=O) groups is 2. The molecule has 0 bridgehead atoms. The van der Waals surface area contributed by atoms with Gasteiger partial charge < -0.3 is 16.0 Å². The zero-order valence-corrected chi connectivity index (χ0v) is 12.0. The van der Waals surface area contributed by atoms with Crippen LogP contribution in [0.25, 0.3) is 0 Å². The second-order valence-electron chi connectivity index (χ2n) is 4.56. The summed E-state index contributed by atoms with van der Waals surface area (Å²) in [7, 11) is 3.28. The van der Waals surface area contributed by atoms with Gasteiger partial charge in [0.1, 0.15) is 0 Å². The summed E-state index contributed by atoms with van der Waals surface area (Å²) in [5.41, 5.74) is 7.47. The van der Waals surface area contributed by atoms with Gasteiger partial charge in [0.05, 0.1) is 13.1 Å². The number of carbonyl (C=O) groups excluding carboxylic acids is 2. The van der Waals surface area contributed by atoms with Crippen molar-refractivity contribution in [1.82, 2.24) is 10.2 Å². The van der Waals surface area contributed by atoms with E-state index in [0.717, 1.165) is 11.1 Å². The molecule has 0 unspecified atom stereocenters. The summed E-state index contributed by atoms with van der Waals surface area (Å²) >= 11 is 0. The number of hydrogen-bond acceptors (Lipinski definition) is 3. The zero-order chi connectivity index (χ0) is 15.1. The van der Waals surface area contributed by atoms with E-state index in [0.29, 0.717) is 5.56 Å². The third-order valence-corrected chi connectivity index (χ3v) is 2.57. The fourth-order valence-corrected chi connectivity index (χ4v) is 1.56.